The maximum Gasteiger partial charge on any atom is 0.246 e. The van der Waals surface area contributed by atoms with Gasteiger partial charge in [0, 0.05) is 79.9 Å². The zero-order valence-electron chi connectivity index (χ0n) is 46.2. The number of para-hydroxylation sites is 1. The number of primary amides is 1. The molecule has 440 valence electrons. The van der Waals surface area contributed by atoms with Crippen LogP contribution < -0.4 is 55.3 Å². The Morgan fingerprint density at radius 2 is 1.41 bits per heavy atom. The molecule has 0 unspecified atom stereocenters. The first-order valence-electron chi connectivity index (χ1n) is 27.8. The highest BCUT2D eigenvalue weighted by Crippen LogP contribution is 2.30. The van der Waals surface area contributed by atoms with Crippen molar-refractivity contribution in [3.8, 4) is 0 Å². The molecule has 3 aromatic carbocycles. The van der Waals surface area contributed by atoms with E-state index in [9.17, 15) is 28.8 Å². The Bertz CT molecular complexity index is 2950. The van der Waals surface area contributed by atoms with E-state index in [1.807, 2.05) is 36.4 Å². The number of amides is 7. The average Bonchev–Trinajstić information content (AvgIpc) is 4.08. The SMILES string of the molecule is CC(=O)N[C@@H](CCCN=C(N)N)C(=O)N[C@H]1CC(=O)NCCCC[C@@H](C(N)=O)NC(=O)[C@H](Cc2c[nH]c3ccccc23)CC(=O)[C@H](CCCN=C(N)N)CC(=O)[C@@H](Cc2ccccc2)NC(=O)[C@@H]2C[C@@H](Cc3ccc(Cl)cc3)CN2C1=O. The third kappa shape index (κ3) is 19.4. The lowest BCUT2D eigenvalue weighted by Gasteiger charge is -2.31. The molecule has 0 radical (unpaired) electrons. The number of ketones is 2. The number of halogens is 1. The zero-order valence-corrected chi connectivity index (χ0v) is 47.0. The van der Waals surface area contributed by atoms with Gasteiger partial charge in [0.1, 0.15) is 30.0 Å². The smallest absolute Gasteiger partial charge is 0.246 e. The first-order chi connectivity index (χ1) is 39.2. The summed E-state index contributed by atoms with van der Waals surface area (Å²) in [5, 5.41) is 15.2. The number of carbonyl (C=O) groups is 9. The molecule has 2 aliphatic heterocycles. The van der Waals surface area contributed by atoms with Gasteiger partial charge < -0.3 is 65.1 Å². The van der Waals surface area contributed by atoms with E-state index in [2.05, 4.69) is 41.6 Å². The number of nitrogens with two attached hydrogens (primary N) is 5. The highest BCUT2D eigenvalue weighted by atomic mass is 35.5. The number of aromatic amines is 1. The molecule has 2 saturated heterocycles. The van der Waals surface area contributed by atoms with Gasteiger partial charge >= 0.3 is 0 Å². The summed E-state index contributed by atoms with van der Waals surface area (Å²) < 4.78 is 0. The maximum atomic E-state index is 15.2. The molecule has 7 amide bonds. The number of nitrogens with zero attached hydrogens (tertiary/aromatic N) is 3. The van der Waals surface area contributed by atoms with Crippen LogP contribution >= 0.6 is 11.6 Å². The van der Waals surface area contributed by atoms with Crippen molar-refractivity contribution in [3.05, 3.63) is 107 Å². The number of H-pyrrole nitrogens is 1. The molecule has 0 saturated carbocycles. The summed E-state index contributed by atoms with van der Waals surface area (Å²) in [6.07, 6.45) is 2.33. The molecule has 6 rings (SSSR count). The van der Waals surface area contributed by atoms with E-state index in [4.69, 9.17) is 40.3 Å². The maximum absolute atomic E-state index is 15.2. The van der Waals surface area contributed by atoms with Crippen LogP contribution in [0, 0.1) is 17.8 Å². The van der Waals surface area contributed by atoms with Crippen LogP contribution in [0.4, 0.5) is 0 Å². The first kappa shape index (κ1) is 62.9. The molecule has 4 aromatic rings. The first-order valence-corrected chi connectivity index (χ1v) is 28.2. The largest absolute Gasteiger partial charge is 0.370 e. The van der Waals surface area contributed by atoms with Crippen LogP contribution in [0.1, 0.15) is 94.2 Å². The van der Waals surface area contributed by atoms with Gasteiger partial charge in [0.2, 0.25) is 41.4 Å². The van der Waals surface area contributed by atoms with Crippen molar-refractivity contribution < 1.29 is 43.2 Å². The Hall–Kier alpha value is -8.34. The van der Waals surface area contributed by atoms with Crippen LogP contribution in [0.3, 0.4) is 0 Å². The van der Waals surface area contributed by atoms with E-state index in [1.165, 1.54) is 11.8 Å². The lowest BCUT2D eigenvalue weighted by atomic mass is 9.83. The fraction of sp³-hybridized carbons (Fsp3) is 0.466. The van der Waals surface area contributed by atoms with Crippen molar-refractivity contribution in [1.29, 1.82) is 0 Å². The van der Waals surface area contributed by atoms with E-state index < -0.39 is 101 Å². The van der Waals surface area contributed by atoms with E-state index >= 15 is 14.4 Å². The number of rotatable bonds is 18. The molecule has 0 aliphatic carbocycles. The van der Waals surface area contributed by atoms with E-state index in [-0.39, 0.29) is 121 Å². The number of fused-ring (bicyclic) bond motifs is 2. The average molecular weight is 1150 g/mol. The monoisotopic (exact) mass is 1150 g/mol. The fourth-order valence-electron chi connectivity index (χ4n) is 10.6. The van der Waals surface area contributed by atoms with Crippen molar-refractivity contribution in [2.75, 3.05) is 26.2 Å². The van der Waals surface area contributed by atoms with Crippen molar-refractivity contribution in [2.24, 2.45) is 56.4 Å². The molecule has 8 atom stereocenters. The Morgan fingerprint density at radius 1 is 0.744 bits per heavy atom. The molecule has 23 nitrogen and oxygen atoms in total. The number of hydrogen-bond donors (Lipinski definition) is 11. The van der Waals surface area contributed by atoms with Crippen LogP contribution in [0.25, 0.3) is 10.9 Å². The molecule has 2 fully saturated rings. The molecule has 2 aliphatic rings. The number of guanidine groups is 2. The third-order valence-electron chi connectivity index (χ3n) is 14.8. The van der Waals surface area contributed by atoms with Gasteiger partial charge in [-0.05, 0) is 111 Å². The summed E-state index contributed by atoms with van der Waals surface area (Å²) in [4.78, 5) is 141. The molecule has 0 spiro atoms. The number of nitrogens with one attached hydrogen (secondary N) is 6. The second-order valence-electron chi connectivity index (χ2n) is 21.2. The summed E-state index contributed by atoms with van der Waals surface area (Å²) in [5.74, 6) is -8.55. The van der Waals surface area contributed by atoms with Gasteiger partial charge in [0.25, 0.3) is 0 Å². The van der Waals surface area contributed by atoms with Crippen molar-refractivity contribution in [1.82, 2.24) is 36.5 Å². The van der Waals surface area contributed by atoms with Gasteiger partial charge in [0.05, 0.1) is 12.5 Å². The lowest BCUT2D eigenvalue weighted by Crippen LogP contribution is -2.58. The Morgan fingerprint density at radius 3 is 2.11 bits per heavy atom. The predicted molar refractivity (Wildman–Crippen MR) is 311 cm³/mol. The highest BCUT2D eigenvalue weighted by molar-refractivity contribution is 6.30. The number of carbonyl (C=O) groups excluding carboxylic acids is 9. The Balaban J connectivity index is 1.40. The normalized spacial score (nSPS) is 22.2. The van der Waals surface area contributed by atoms with Gasteiger partial charge in [-0.2, -0.15) is 0 Å². The molecule has 82 heavy (non-hydrogen) atoms. The van der Waals surface area contributed by atoms with E-state index in [0.717, 1.165) is 22.0 Å². The van der Waals surface area contributed by atoms with Crippen molar-refractivity contribution in [3.63, 3.8) is 0 Å². The minimum atomic E-state index is -1.58. The number of aliphatic imine (C=N–C) groups is 2. The van der Waals surface area contributed by atoms with Gasteiger partial charge in [-0.25, -0.2) is 0 Å². The molecular weight excluding hydrogens is 1070 g/mol. The highest BCUT2D eigenvalue weighted by Gasteiger charge is 2.44. The lowest BCUT2D eigenvalue weighted by molar-refractivity contribution is -0.143. The Labute approximate surface area is 481 Å². The Kier molecular flexibility index (Phi) is 23.8. The third-order valence-corrected chi connectivity index (χ3v) is 15.1. The minimum Gasteiger partial charge on any atom is -0.370 e. The van der Waals surface area contributed by atoms with E-state index in [0.29, 0.717) is 17.0 Å². The van der Waals surface area contributed by atoms with Gasteiger partial charge in [-0.1, -0.05) is 72.3 Å². The van der Waals surface area contributed by atoms with Gasteiger partial charge in [0.15, 0.2) is 17.7 Å². The minimum absolute atomic E-state index is 0.00164. The van der Waals surface area contributed by atoms with Crippen LogP contribution in [-0.2, 0) is 62.4 Å². The number of Topliss-reactive ketones (excluding diaryl/α,β-unsaturated/α-hetero) is 2. The van der Waals surface area contributed by atoms with Gasteiger partial charge in [-0.3, -0.25) is 53.1 Å². The molecule has 3 heterocycles. The predicted octanol–water partition coefficient (Wildman–Crippen LogP) is 1.46. The molecule has 16 N–H and O–H groups in total. The van der Waals surface area contributed by atoms with Crippen LogP contribution in [-0.4, -0.2) is 131 Å². The van der Waals surface area contributed by atoms with Crippen LogP contribution in [0.5, 0.6) is 0 Å². The summed E-state index contributed by atoms with van der Waals surface area (Å²) in [6.45, 7) is 1.52. The molecule has 1 aromatic heterocycles. The molecule has 24 heteroatoms. The summed E-state index contributed by atoms with van der Waals surface area (Å²) in [7, 11) is 0. The van der Waals surface area contributed by atoms with Gasteiger partial charge in [-0.15, -0.1) is 0 Å². The fourth-order valence-corrected chi connectivity index (χ4v) is 10.8. The number of aromatic nitrogens is 1. The van der Waals surface area contributed by atoms with Crippen LogP contribution in [0.15, 0.2) is 95.0 Å². The molecular formula is C58H77ClN14O9. The topological polar surface area (TPSA) is 388 Å². The van der Waals surface area contributed by atoms with Crippen LogP contribution in [0.2, 0.25) is 5.02 Å². The zero-order chi connectivity index (χ0) is 59.3. The number of benzene rings is 3. The molecule has 0 bridgehead atoms. The summed E-state index contributed by atoms with van der Waals surface area (Å²) in [6, 6.07) is 17.1. The van der Waals surface area contributed by atoms with Crippen molar-refractivity contribution in [2.45, 2.75) is 127 Å². The second kappa shape index (κ2) is 31.0. The summed E-state index contributed by atoms with van der Waals surface area (Å²) >= 11 is 6.24. The summed E-state index contributed by atoms with van der Waals surface area (Å²) in [5.41, 5.74) is 31.3. The standard InChI is InChI=1S/C58H77ClN14O9/c1-34(74)69-45(17-10-24-67-58(63)64)54(80)72-47-31-51(77)65-22-8-7-16-44(52(60)78)70-53(79)39(28-40-32-68-43-15-6-5-14-42(40)43)30-49(75)38(13-9-23-66-57(61)62)29-50(76)46(26-35-11-3-2-4-12-35)71-55(81)48-27-37(33-73(48)56(47)82)25-36-18-20-41(59)21-19-36/h2-6,11-12,14-15,18-21,32,37-39,44-48,68H,7-10,13,16-17,22-31,33H2,1H3,(H2,60,78)(H,65,77)(H,69,74)(H,70,79)(H,71,81)(H,72,80)(H4,61,62,66)(H4,63,64,67)/t37-,38-,39-,44+,45+,46-,47+,48+/m1/s1. The second-order valence-corrected chi connectivity index (χ2v) is 21.6. The van der Waals surface area contributed by atoms with E-state index in [1.54, 1.807) is 48.7 Å². The van der Waals surface area contributed by atoms with Crippen molar-refractivity contribution >= 4 is 87.3 Å². The number of hydrogen-bond acceptors (Lipinski definition) is 11. The quantitative estimate of drug-likeness (QED) is 0.0382.